The molecular weight excluding hydrogens is 1450 g/mol. The molecule has 0 aromatic rings. The van der Waals surface area contributed by atoms with Crippen molar-refractivity contribution in [1.82, 2.24) is 0 Å². The maximum absolute atomic E-state index is 13.1. The number of esters is 4. The zero-order valence-electron chi connectivity index (χ0n) is 69.5. The van der Waals surface area contributed by atoms with E-state index in [0.717, 1.165) is 161 Å². The van der Waals surface area contributed by atoms with E-state index in [1.165, 1.54) is 57.8 Å². The van der Waals surface area contributed by atoms with E-state index in [9.17, 15) is 43.2 Å². The first-order chi connectivity index (χ1) is 54.7. The molecule has 0 aliphatic carbocycles. The number of aliphatic hydroxyl groups excluding tert-OH is 1. The van der Waals surface area contributed by atoms with Crippen LogP contribution in [0.4, 0.5) is 0 Å². The van der Waals surface area contributed by atoms with Gasteiger partial charge in [-0.2, -0.15) is 0 Å². The molecule has 5 unspecified atom stereocenters. The van der Waals surface area contributed by atoms with Crippen molar-refractivity contribution in [3.63, 3.8) is 0 Å². The first-order valence-electron chi connectivity index (χ1n) is 42.7. The second-order valence-electron chi connectivity index (χ2n) is 27.6. The first kappa shape index (κ1) is 106. The van der Waals surface area contributed by atoms with Gasteiger partial charge >= 0.3 is 39.5 Å². The van der Waals surface area contributed by atoms with Gasteiger partial charge in [-0.05, 0) is 167 Å². The van der Waals surface area contributed by atoms with Gasteiger partial charge in [0.2, 0.25) is 0 Å². The molecule has 112 heavy (non-hydrogen) atoms. The Morgan fingerprint density at radius 3 is 0.812 bits per heavy atom. The highest BCUT2D eigenvalue weighted by molar-refractivity contribution is 7.47. The fraction of sp³-hybridized carbons (Fsp3) is 0.613. The Balaban J connectivity index is 5.55. The van der Waals surface area contributed by atoms with E-state index < -0.39 is 97.5 Å². The lowest BCUT2D eigenvalue weighted by Gasteiger charge is -2.21. The van der Waals surface area contributed by atoms with Crippen molar-refractivity contribution in [2.45, 2.75) is 329 Å². The molecule has 0 heterocycles. The summed E-state index contributed by atoms with van der Waals surface area (Å²) in [5, 5.41) is 10.7. The number of ether oxygens (including phenoxy) is 4. The van der Waals surface area contributed by atoms with Gasteiger partial charge in [0.15, 0.2) is 12.2 Å². The summed E-state index contributed by atoms with van der Waals surface area (Å²) in [5.74, 6) is -2.41. The SMILES string of the molecule is CC/C=C\C/C=C\C/C=C\C/C=C\C/C=C\C/C=C\CCC(=O)OCC(COP(=O)(O)OCC(O)COP(=O)(O)OCC(COC(=O)CCCCCCCC/C=C\C/C=C\C/C=C\CCCCC)OC(=O)CCCCCCC/C=C\CCCCCCCC)OC(=O)CC/C=C\C/C=C\C/C=C\C/C=C\C/C=C\C/C=C\CC. The highest BCUT2D eigenvalue weighted by Gasteiger charge is 2.30. The number of hydrogen-bond donors (Lipinski definition) is 3. The molecule has 3 N–H and O–H groups in total. The van der Waals surface area contributed by atoms with Crippen LogP contribution in [0.1, 0.15) is 310 Å². The van der Waals surface area contributed by atoms with E-state index in [1.807, 2.05) is 36.5 Å². The number of rotatable bonds is 78. The smallest absolute Gasteiger partial charge is 0.462 e. The van der Waals surface area contributed by atoms with Gasteiger partial charge in [-0.1, -0.05) is 312 Å². The topological polar surface area (TPSA) is 237 Å². The Morgan fingerprint density at radius 1 is 0.259 bits per heavy atom. The number of aliphatic hydroxyl groups is 1. The van der Waals surface area contributed by atoms with Gasteiger partial charge in [0.05, 0.1) is 26.4 Å². The fourth-order valence-electron chi connectivity index (χ4n) is 10.6. The second-order valence-corrected chi connectivity index (χ2v) is 30.6. The summed E-state index contributed by atoms with van der Waals surface area (Å²) < 4.78 is 68.6. The molecule has 0 radical (unpaired) electrons. The zero-order chi connectivity index (χ0) is 81.7. The number of allylic oxidation sites excluding steroid dienone is 32. The molecule has 0 aromatic heterocycles. The number of unbranched alkanes of at least 4 members (excludes halogenated alkanes) is 20. The summed E-state index contributed by atoms with van der Waals surface area (Å²) in [6.07, 6.45) is 103. The van der Waals surface area contributed by atoms with Gasteiger partial charge in [0, 0.05) is 25.7 Å². The number of phosphoric ester groups is 2. The number of carbonyl (C=O) groups is 4. The molecule has 0 saturated heterocycles. The highest BCUT2D eigenvalue weighted by Crippen LogP contribution is 2.45. The normalized spacial score (nSPS) is 14.7. The predicted molar refractivity (Wildman–Crippen MR) is 463 cm³/mol. The van der Waals surface area contributed by atoms with Crippen molar-refractivity contribution in [2.24, 2.45) is 0 Å². The van der Waals surface area contributed by atoms with Crippen LogP contribution in [0, 0.1) is 0 Å². The molecular formula is C93H150O17P2. The minimum Gasteiger partial charge on any atom is -0.462 e. The average Bonchev–Trinajstić information content (AvgIpc) is 0.898. The molecule has 19 heteroatoms. The Labute approximate surface area is 678 Å². The van der Waals surface area contributed by atoms with Crippen molar-refractivity contribution in [3.8, 4) is 0 Å². The van der Waals surface area contributed by atoms with E-state index in [1.54, 1.807) is 0 Å². The third-order valence-electron chi connectivity index (χ3n) is 17.1. The van der Waals surface area contributed by atoms with E-state index in [2.05, 4.69) is 186 Å². The number of phosphoric acid groups is 2. The van der Waals surface area contributed by atoms with Gasteiger partial charge < -0.3 is 33.8 Å². The quantitative estimate of drug-likeness (QED) is 0.0169. The lowest BCUT2D eigenvalue weighted by atomic mass is 10.1. The molecule has 634 valence electrons. The van der Waals surface area contributed by atoms with E-state index in [4.69, 9.17) is 37.0 Å². The molecule has 5 atom stereocenters. The summed E-state index contributed by atoms with van der Waals surface area (Å²) in [6.45, 7) is 4.42. The third-order valence-corrected chi connectivity index (χ3v) is 19.0. The molecule has 0 bridgehead atoms. The van der Waals surface area contributed by atoms with Gasteiger partial charge in [-0.15, -0.1) is 0 Å². The zero-order valence-corrected chi connectivity index (χ0v) is 71.3. The Morgan fingerprint density at radius 2 is 0.482 bits per heavy atom. The monoisotopic (exact) mass is 1600 g/mol. The van der Waals surface area contributed by atoms with Crippen LogP contribution in [0.25, 0.3) is 0 Å². The van der Waals surface area contributed by atoms with Gasteiger partial charge in [0.1, 0.15) is 19.3 Å². The fourth-order valence-corrected chi connectivity index (χ4v) is 12.2. The molecule has 0 aromatic carbocycles. The van der Waals surface area contributed by atoms with Crippen LogP contribution in [-0.4, -0.2) is 96.7 Å². The summed E-state index contributed by atoms with van der Waals surface area (Å²) in [7, 11) is -10.0. The number of hydrogen-bond acceptors (Lipinski definition) is 15. The van der Waals surface area contributed by atoms with Crippen LogP contribution in [0.15, 0.2) is 194 Å². The van der Waals surface area contributed by atoms with E-state index in [0.29, 0.717) is 38.5 Å². The van der Waals surface area contributed by atoms with Gasteiger partial charge in [-0.25, -0.2) is 9.13 Å². The molecule has 0 aliphatic rings. The molecule has 0 aliphatic heterocycles. The average molecular weight is 1600 g/mol. The maximum atomic E-state index is 13.1. The van der Waals surface area contributed by atoms with Crippen molar-refractivity contribution in [3.05, 3.63) is 194 Å². The summed E-state index contributed by atoms with van der Waals surface area (Å²) in [6, 6.07) is 0. The van der Waals surface area contributed by atoms with Crippen molar-refractivity contribution in [1.29, 1.82) is 0 Å². The molecule has 0 amide bonds. The van der Waals surface area contributed by atoms with Crippen LogP contribution in [0.3, 0.4) is 0 Å². The second kappa shape index (κ2) is 82.9. The standard InChI is InChI=1S/C93H150O17P2/c1-5-9-13-17-21-25-29-33-37-40-43-46-50-53-57-61-65-69-73-77-90(95)103-83-88(109-92(97)79-75-71-67-63-59-55-49-36-32-28-24-20-16-12-8-4)85-107-111(99,100)105-81-87(94)82-106-112(101,102)108-86-89(110-93(98)80-76-72-68-64-60-56-52-48-45-42-39-35-31-27-23-19-15-11-7-3)84-104-91(96)78-74-70-66-62-58-54-51-47-44-41-38-34-30-26-22-18-14-10-6-2/h10-11,14-15,21-23,25-27,33-39,43-49,54,56,58,60,66,68,70,72,87-89,94H,5-9,12-13,16-20,24,28-32,40-42,50-53,55,57,59,61-65,67,69,71,73-86H2,1-4H3,(H,99,100)(H,101,102)/b14-10-,15-11-,25-21-,26-22-,27-23-,37-33-,38-34-,39-35-,46-43-,47-44-,48-45-,49-36-,58-54-,60-56-,70-66-,72-68-. The third kappa shape index (κ3) is 81.9. The lowest BCUT2D eigenvalue weighted by Crippen LogP contribution is -2.30. The lowest BCUT2D eigenvalue weighted by molar-refractivity contribution is -0.161. The molecule has 0 spiro atoms. The summed E-state index contributed by atoms with van der Waals surface area (Å²) in [4.78, 5) is 73.2. The first-order valence-corrected chi connectivity index (χ1v) is 45.7. The van der Waals surface area contributed by atoms with Gasteiger partial charge in [0.25, 0.3) is 0 Å². The molecule has 0 saturated carbocycles. The van der Waals surface area contributed by atoms with Crippen LogP contribution in [0.5, 0.6) is 0 Å². The summed E-state index contributed by atoms with van der Waals surface area (Å²) >= 11 is 0. The van der Waals surface area contributed by atoms with Crippen LogP contribution in [-0.2, 0) is 65.4 Å². The largest absolute Gasteiger partial charge is 0.472 e. The predicted octanol–water partition coefficient (Wildman–Crippen LogP) is 25.7. The molecule has 17 nitrogen and oxygen atoms in total. The Hall–Kier alpha value is -6.10. The van der Waals surface area contributed by atoms with E-state index in [-0.39, 0.29) is 25.7 Å². The molecule has 0 rings (SSSR count). The minimum absolute atomic E-state index is 0.0122. The Bertz CT molecular complexity index is 2890. The van der Waals surface area contributed by atoms with Crippen LogP contribution < -0.4 is 0 Å². The number of carbonyl (C=O) groups excluding carboxylic acids is 4. The highest BCUT2D eigenvalue weighted by atomic mass is 31.2. The Kier molecular flexibility index (Phi) is 78.4. The van der Waals surface area contributed by atoms with Crippen LogP contribution >= 0.6 is 15.6 Å². The van der Waals surface area contributed by atoms with Crippen molar-refractivity contribution >= 4 is 39.5 Å². The van der Waals surface area contributed by atoms with E-state index >= 15 is 0 Å². The summed E-state index contributed by atoms with van der Waals surface area (Å²) in [5.41, 5.74) is 0. The van der Waals surface area contributed by atoms with Crippen molar-refractivity contribution in [2.75, 3.05) is 39.6 Å². The minimum atomic E-state index is -5.03. The van der Waals surface area contributed by atoms with Crippen molar-refractivity contribution < 1.29 is 80.2 Å². The van der Waals surface area contributed by atoms with Crippen LogP contribution in [0.2, 0.25) is 0 Å². The maximum Gasteiger partial charge on any atom is 0.472 e. The molecule has 0 fully saturated rings. The van der Waals surface area contributed by atoms with Gasteiger partial charge in [-0.3, -0.25) is 37.3 Å².